The van der Waals surface area contributed by atoms with E-state index in [4.69, 9.17) is 0 Å². The van der Waals surface area contributed by atoms with E-state index in [1.54, 1.807) is 18.3 Å². The fourth-order valence-corrected chi connectivity index (χ4v) is 2.40. The van der Waals surface area contributed by atoms with Crippen molar-refractivity contribution in [3.8, 4) is 0 Å². The molecule has 0 unspecified atom stereocenters. The van der Waals surface area contributed by atoms with Gasteiger partial charge in [0, 0.05) is 27.7 Å². The van der Waals surface area contributed by atoms with Gasteiger partial charge in [-0.2, -0.15) is 0 Å². The Morgan fingerprint density at radius 1 is 1.52 bits per heavy atom. The molecule has 0 aromatic carbocycles. The van der Waals surface area contributed by atoms with Gasteiger partial charge >= 0.3 is 5.00 Å². The van der Waals surface area contributed by atoms with Gasteiger partial charge in [0.05, 0.1) is 4.92 Å². The van der Waals surface area contributed by atoms with Gasteiger partial charge in [0.1, 0.15) is 5.82 Å². The van der Waals surface area contributed by atoms with Crippen molar-refractivity contribution in [1.29, 1.82) is 0 Å². The minimum atomic E-state index is -0.462. The van der Waals surface area contributed by atoms with Gasteiger partial charge in [-0.15, -0.1) is 0 Å². The molecule has 21 heavy (non-hydrogen) atoms. The average molecular weight is 368 g/mol. The van der Waals surface area contributed by atoms with Crippen LogP contribution in [0.1, 0.15) is 10.4 Å². The number of halogens is 1. The molecule has 6 nitrogen and oxygen atoms in total. The van der Waals surface area contributed by atoms with Crippen LogP contribution in [0.4, 0.5) is 10.8 Å². The summed E-state index contributed by atoms with van der Waals surface area (Å²) in [6, 6.07) is 4.74. The number of nitro groups is 1. The van der Waals surface area contributed by atoms with Gasteiger partial charge in [-0.3, -0.25) is 14.9 Å². The number of anilines is 1. The maximum Gasteiger partial charge on any atom is 0.324 e. The lowest BCUT2D eigenvalue weighted by molar-refractivity contribution is -0.380. The quantitative estimate of drug-likeness (QED) is 0.506. The van der Waals surface area contributed by atoms with E-state index >= 15 is 0 Å². The lowest BCUT2D eigenvalue weighted by Crippen LogP contribution is -2.09. The number of nitrogens with one attached hydrogen (secondary N) is 1. The number of aryl methyl sites for hydroxylation is 1. The molecule has 0 radical (unpaired) electrons. The molecule has 0 atom stereocenters. The third kappa shape index (κ3) is 4.20. The van der Waals surface area contributed by atoms with E-state index in [0.717, 1.165) is 21.4 Å². The second-order valence-corrected chi connectivity index (χ2v) is 6.02. The molecule has 0 aliphatic carbocycles. The molecule has 0 aliphatic rings. The Bertz CT molecular complexity index is 727. The summed E-state index contributed by atoms with van der Waals surface area (Å²) in [5.41, 5.74) is 0.957. The minimum Gasteiger partial charge on any atom is -0.307 e. The fraction of sp³-hybridized carbons (Fsp3) is 0.0769. The summed E-state index contributed by atoms with van der Waals surface area (Å²) in [6.07, 6.45) is 4.45. The highest BCUT2D eigenvalue weighted by atomic mass is 79.9. The first-order valence-electron chi connectivity index (χ1n) is 5.81. The molecule has 1 amide bonds. The van der Waals surface area contributed by atoms with Crippen molar-refractivity contribution in [2.24, 2.45) is 0 Å². The maximum atomic E-state index is 11.7. The number of aromatic nitrogens is 1. The van der Waals surface area contributed by atoms with Crippen molar-refractivity contribution in [2.75, 3.05) is 5.32 Å². The number of carbonyl (C=O) groups is 1. The van der Waals surface area contributed by atoms with E-state index in [1.807, 2.05) is 6.92 Å². The summed E-state index contributed by atoms with van der Waals surface area (Å²) >= 11 is 4.33. The SMILES string of the molecule is Cc1cc(NC(=O)/C=C/c2ccc([N+](=O)[O-])s2)ncc1Br. The molecular weight excluding hydrogens is 358 g/mol. The molecule has 8 heteroatoms. The molecule has 2 heterocycles. The van der Waals surface area contributed by atoms with Crippen LogP contribution in [-0.2, 0) is 4.79 Å². The zero-order valence-electron chi connectivity index (χ0n) is 10.9. The monoisotopic (exact) mass is 367 g/mol. The molecule has 2 rings (SSSR count). The summed E-state index contributed by atoms with van der Waals surface area (Å²) in [5, 5.41) is 13.2. The summed E-state index contributed by atoms with van der Waals surface area (Å²) in [7, 11) is 0. The van der Waals surface area contributed by atoms with Gasteiger partial charge in [0.15, 0.2) is 0 Å². The maximum absolute atomic E-state index is 11.7. The number of amides is 1. The van der Waals surface area contributed by atoms with Crippen LogP contribution < -0.4 is 5.32 Å². The molecule has 108 valence electrons. The molecule has 0 saturated carbocycles. The zero-order chi connectivity index (χ0) is 15.4. The standard InChI is InChI=1S/C13H10BrN3O3S/c1-8-6-11(15-7-10(8)14)16-12(18)4-2-9-3-5-13(21-9)17(19)20/h2-7H,1H3,(H,15,16,18)/b4-2+. The molecule has 2 aromatic heterocycles. The Balaban J connectivity index is 2.01. The first-order chi connectivity index (χ1) is 9.95. The molecule has 2 aromatic rings. The summed E-state index contributed by atoms with van der Waals surface area (Å²) in [6.45, 7) is 1.89. The van der Waals surface area contributed by atoms with Gasteiger partial charge in [-0.1, -0.05) is 11.3 Å². The van der Waals surface area contributed by atoms with E-state index in [1.165, 1.54) is 18.2 Å². The normalized spacial score (nSPS) is 10.8. The van der Waals surface area contributed by atoms with Crippen LogP contribution in [-0.4, -0.2) is 15.8 Å². The molecule has 1 N–H and O–H groups in total. The highest BCUT2D eigenvalue weighted by Gasteiger charge is 2.08. The largest absolute Gasteiger partial charge is 0.324 e. The Hall–Kier alpha value is -2.06. The first kappa shape index (κ1) is 15.3. The molecule has 0 spiro atoms. The summed E-state index contributed by atoms with van der Waals surface area (Å²) < 4.78 is 0.863. The van der Waals surface area contributed by atoms with Gasteiger partial charge in [0.2, 0.25) is 5.91 Å². The van der Waals surface area contributed by atoms with Crippen LogP contribution in [0.25, 0.3) is 6.08 Å². The van der Waals surface area contributed by atoms with Gasteiger partial charge < -0.3 is 5.32 Å². The zero-order valence-corrected chi connectivity index (χ0v) is 13.3. The molecule has 0 fully saturated rings. The van der Waals surface area contributed by atoms with Crippen LogP contribution >= 0.6 is 27.3 Å². The van der Waals surface area contributed by atoms with Crippen molar-refractivity contribution in [3.63, 3.8) is 0 Å². The van der Waals surface area contributed by atoms with E-state index in [0.29, 0.717) is 10.7 Å². The smallest absolute Gasteiger partial charge is 0.307 e. The fourth-order valence-electron chi connectivity index (χ4n) is 1.46. The van der Waals surface area contributed by atoms with Gasteiger partial charge in [0.25, 0.3) is 0 Å². The van der Waals surface area contributed by atoms with Crippen LogP contribution in [0.2, 0.25) is 0 Å². The van der Waals surface area contributed by atoms with Crippen molar-refractivity contribution in [1.82, 2.24) is 4.98 Å². The van der Waals surface area contributed by atoms with E-state index in [9.17, 15) is 14.9 Å². The predicted molar refractivity (Wildman–Crippen MR) is 85.3 cm³/mol. The minimum absolute atomic E-state index is 0.0419. The third-order valence-electron chi connectivity index (χ3n) is 2.49. The lowest BCUT2D eigenvalue weighted by Gasteiger charge is -2.03. The number of carbonyl (C=O) groups excluding carboxylic acids is 1. The summed E-state index contributed by atoms with van der Waals surface area (Å²) in [5.74, 6) is 0.0998. The number of rotatable bonds is 4. The van der Waals surface area contributed by atoms with Crippen molar-refractivity contribution in [3.05, 3.63) is 55.5 Å². The molecule has 0 saturated heterocycles. The second-order valence-electron chi connectivity index (χ2n) is 4.07. The van der Waals surface area contributed by atoms with Crippen LogP contribution in [0.15, 0.2) is 34.9 Å². The third-order valence-corrected chi connectivity index (χ3v) is 4.32. The Kier molecular flexibility index (Phi) is 4.81. The van der Waals surface area contributed by atoms with Gasteiger partial charge in [-0.25, -0.2) is 4.98 Å². The topological polar surface area (TPSA) is 85.1 Å². The van der Waals surface area contributed by atoms with Crippen LogP contribution in [0.5, 0.6) is 0 Å². The Labute approximate surface area is 132 Å². The van der Waals surface area contributed by atoms with Crippen LogP contribution in [0.3, 0.4) is 0 Å². The van der Waals surface area contributed by atoms with Crippen molar-refractivity contribution >= 4 is 50.1 Å². The average Bonchev–Trinajstić information content (AvgIpc) is 2.90. The van der Waals surface area contributed by atoms with Crippen molar-refractivity contribution < 1.29 is 9.72 Å². The van der Waals surface area contributed by atoms with E-state index < -0.39 is 4.92 Å². The predicted octanol–water partition coefficient (Wildman–Crippen LogP) is 3.77. The van der Waals surface area contributed by atoms with Gasteiger partial charge in [-0.05, 0) is 46.6 Å². The Morgan fingerprint density at radius 2 is 2.29 bits per heavy atom. The number of nitrogens with zero attached hydrogens (tertiary/aromatic N) is 2. The summed E-state index contributed by atoms with van der Waals surface area (Å²) in [4.78, 5) is 26.5. The lowest BCUT2D eigenvalue weighted by atomic mass is 10.3. The van der Waals surface area contributed by atoms with E-state index in [2.05, 4.69) is 26.2 Å². The highest BCUT2D eigenvalue weighted by Crippen LogP contribution is 2.24. The number of pyridine rings is 1. The van der Waals surface area contributed by atoms with Crippen molar-refractivity contribution in [2.45, 2.75) is 6.92 Å². The number of hydrogen-bond acceptors (Lipinski definition) is 5. The first-order valence-corrected chi connectivity index (χ1v) is 7.42. The van der Waals surface area contributed by atoms with E-state index in [-0.39, 0.29) is 10.9 Å². The van der Waals surface area contributed by atoms with Crippen LogP contribution in [0, 0.1) is 17.0 Å². The molecular formula is C13H10BrN3O3S. The number of hydrogen-bond donors (Lipinski definition) is 1. The number of thiophene rings is 1. The second kappa shape index (κ2) is 6.59. The Morgan fingerprint density at radius 3 is 2.90 bits per heavy atom. The highest BCUT2D eigenvalue weighted by molar-refractivity contribution is 9.10. The molecule has 0 bridgehead atoms. The molecule has 0 aliphatic heterocycles.